The molecule has 1 amide bonds. The molecule has 0 bridgehead atoms. The normalized spacial score (nSPS) is 15.8. The van der Waals surface area contributed by atoms with Crippen molar-refractivity contribution in [1.82, 2.24) is 9.80 Å². The average Bonchev–Trinajstić information content (AvgIpc) is 2.69. The number of hydrogen-bond acceptors (Lipinski definition) is 3. The second-order valence-electron chi connectivity index (χ2n) is 7.26. The van der Waals surface area contributed by atoms with Crippen LogP contribution in [-0.2, 0) is 4.79 Å². The molecular formula is C23H28FN3O. The summed E-state index contributed by atoms with van der Waals surface area (Å²) in [6.45, 7) is 7.63. The minimum atomic E-state index is -0.208. The summed E-state index contributed by atoms with van der Waals surface area (Å²) < 4.78 is 12.9. The van der Waals surface area contributed by atoms with Crippen LogP contribution in [0.25, 0.3) is 6.08 Å². The van der Waals surface area contributed by atoms with E-state index in [-0.39, 0.29) is 11.7 Å². The summed E-state index contributed by atoms with van der Waals surface area (Å²) >= 11 is 0. The van der Waals surface area contributed by atoms with Crippen molar-refractivity contribution in [2.24, 2.45) is 0 Å². The summed E-state index contributed by atoms with van der Waals surface area (Å²) in [5.41, 5.74) is 3.02. The van der Waals surface area contributed by atoms with E-state index in [9.17, 15) is 9.18 Å². The Bertz CT molecular complexity index is 796. The third-order valence-electron chi connectivity index (χ3n) is 4.97. The van der Waals surface area contributed by atoms with Crippen molar-refractivity contribution in [1.29, 1.82) is 0 Å². The van der Waals surface area contributed by atoms with E-state index >= 15 is 0 Å². The Morgan fingerprint density at radius 1 is 1.07 bits per heavy atom. The van der Waals surface area contributed by atoms with E-state index in [1.54, 1.807) is 12.1 Å². The summed E-state index contributed by atoms with van der Waals surface area (Å²) in [7, 11) is 0. The van der Waals surface area contributed by atoms with Gasteiger partial charge in [-0.15, -0.1) is 0 Å². The van der Waals surface area contributed by atoms with E-state index < -0.39 is 0 Å². The number of benzene rings is 2. The Kier molecular flexibility index (Phi) is 7.34. The highest BCUT2D eigenvalue weighted by molar-refractivity contribution is 5.90. The van der Waals surface area contributed by atoms with Gasteiger partial charge in [0.15, 0.2) is 0 Å². The number of rotatable bonds is 7. The van der Waals surface area contributed by atoms with Gasteiger partial charge in [-0.25, -0.2) is 4.39 Å². The van der Waals surface area contributed by atoms with E-state index in [1.807, 2.05) is 37.3 Å². The molecule has 0 radical (unpaired) electrons. The van der Waals surface area contributed by atoms with Gasteiger partial charge >= 0.3 is 0 Å². The van der Waals surface area contributed by atoms with Crippen molar-refractivity contribution in [2.75, 3.05) is 44.6 Å². The molecule has 1 N–H and O–H groups in total. The van der Waals surface area contributed by atoms with Crippen LogP contribution in [0, 0.1) is 12.7 Å². The van der Waals surface area contributed by atoms with E-state index in [1.165, 1.54) is 12.1 Å². The highest BCUT2D eigenvalue weighted by atomic mass is 19.1. The molecule has 0 atom stereocenters. The lowest BCUT2D eigenvalue weighted by Crippen LogP contribution is -2.46. The molecule has 28 heavy (non-hydrogen) atoms. The van der Waals surface area contributed by atoms with Gasteiger partial charge < -0.3 is 10.2 Å². The molecule has 1 aliphatic heterocycles. The fourth-order valence-electron chi connectivity index (χ4n) is 3.31. The molecule has 0 aliphatic carbocycles. The standard InChI is InChI=1S/C23H28FN3O/c1-19-4-2-6-22(18-19)25-23(28)11-13-27-16-14-26(15-17-27)12-3-5-20-7-9-21(24)10-8-20/h2-10,18H,11-17H2,1H3,(H,25,28)/b5-3+. The van der Waals surface area contributed by atoms with Gasteiger partial charge in [-0.1, -0.05) is 36.4 Å². The van der Waals surface area contributed by atoms with E-state index in [4.69, 9.17) is 0 Å². The van der Waals surface area contributed by atoms with Gasteiger partial charge in [0.25, 0.3) is 0 Å². The molecule has 0 saturated carbocycles. The molecule has 4 nitrogen and oxygen atoms in total. The first-order valence-corrected chi connectivity index (χ1v) is 9.82. The topological polar surface area (TPSA) is 35.6 Å². The number of hydrogen-bond donors (Lipinski definition) is 1. The van der Waals surface area contributed by atoms with Gasteiger partial charge in [-0.2, -0.15) is 0 Å². The molecule has 5 heteroatoms. The molecule has 2 aromatic carbocycles. The second kappa shape index (κ2) is 10.2. The predicted octanol–water partition coefficient (Wildman–Crippen LogP) is 3.79. The number of carbonyl (C=O) groups is 1. The smallest absolute Gasteiger partial charge is 0.225 e. The van der Waals surface area contributed by atoms with Gasteiger partial charge in [0.1, 0.15) is 5.82 Å². The van der Waals surface area contributed by atoms with Gasteiger partial charge in [-0.05, 0) is 42.3 Å². The lowest BCUT2D eigenvalue weighted by Gasteiger charge is -2.34. The van der Waals surface area contributed by atoms with Gasteiger partial charge in [-0.3, -0.25) is 9.69 Å². The fourth-order valence-corrected chi connectivity index (χ4v) is 3.31. The molecule has 0 spiro atoms. The van der Waals surface area contributed by atoms with Crippen molar-refractivity contribution in [3.63, 3.8) is 0 Å². The quantitative estimate of drug-likeness (QED) is 0.793. The third kappa shape index (κ3) is 6.59. The van der Waals surface area contributed by atoms with Crippen LogP contribution in [0.5, 0.6) is 0 Å². The van der Waals surface area contributed by atoms with Crippen LogP contribution in [0.15, 0.2) is 54.6 Å². The first kappa shape index (κ1) is 20.2. The van der Waals surface area contributed by atoms with Gasteiger partial charge in [0.05, 0.1) is 0 Å². The number of anilines is 1. The lowest BCUT2D eigenvalue weighted by atomic mass is 10.2. The monoisotopic (exact) mass is 381 g/mol. The zero-order valence-electron chi connectivity index (χ0n) is 16.4. The van der Waals surface area contributed by atoms with Gasteiger partial charge in [0.2, 0.25) is 5.91 Å². The number of aryl methyl sites for hydroxylation is 1. The summed E-state index contributed by atoms with van der Waals surface area (Å²) in [6, 6.07) is 14.4. The first-order chi connectivity index (χ1) is 13.6. The van der Waals surface area contributed by atoms with Crippen LogP contribution < -0.4 is 5.32 Å². The van der Waals surface area contributed by atoms with E-state index in [2.05, 4.69) is 21.2 Å². The number of nitrogens with one attached hydrogen (secondary N) is 1. The van der Waals surface area contributed by atoms with Crippen LogP contribution in [0.4, 0.5) is 10.1 Å². The van der Waals surface area contributed by atoms with E-state index in [0.717, 1.165) is 56.1 Å². The van der Waals surface area contributed by atoms with Crippen LogP contribution in [0.3, 0.4) is 0 Å². The van der Waals surface area contributed by atoms with Crippen molar-refractivity contribution in [3.05, 3.63) is 71.6 Å². The van der Waals surface area contributed by atoms with Crippen LogP contribution in [-0.4, -0.2) is 55.0 Å². The summed E-state index contributed by atoms with van der Waals surface area (Å²) in [6.07, 6.45) is 4.66. The van der Waals surface area contributed by atoms with Crippen molar-refractivity contribution < 1.29 is 9.18 Å². The molecule has 3 rings (SSSR count). The first-order valence-electron chi connectivity index (χ1n) is 9.82. The largest absolute Gasteiger partial charge is 0.326 e. The van der Waals surface area contributed by atoms with E-state index in [0.29, 0.717) is 6.42 Å². The zero-order chi connectivity index (χ0) is 19.8. The summed E-state index contributed by atoms with van der Waals surface area (Å²) in [5.74, 6) is -0.143. The highest BCUT2D eigenvalue weighted by Gasteiger charge is 2.16. The fraction of sp³-hybridized carbons (Fsp3) is 0.348. The maximum absolute atomic E-state index is 12.9. The minimum absolute atomic E-state index is 0.0651. The van der Waals surface area contributed by atoms with Crippen LogP contribution in [0.2, 0.25) is 0 Å². The molecule has 2 aromatic rings. The molecule has 148 valence electrons. The average molecular weight is 381 g/mol. The molecule has 1 aliphatic rings. The van der Waals surface area contributed by atoms with Gasteiger partial charge in [0, 0.05) is 51.4 Å². The summed E-state index contributed by atoms with van der Waals surface area (Å²) in [4.78, 5) is 16.9. The molecule has 0 aromatic heterocycles. The van der Waals surface area contributed by atoms with Crippen LogP contribution >= 0.6 is 0 Å². The number of halogens is 1. The van der Waals surface area contributed by atoms with Crippen LogP contribution in [0.1, 0.15) is 17.5 Å². The molecule has 1 fully saturated rings. The highest BCUT2D eigenvalue weighted by Crippen LogP contribution is 2.10. The number of piperazine rings is 1. The number of amides is 1. The number of nitrogens with zero attached hydrogens (tertiary/aromatic N) is 2. The Labute approximate surface area is 166 Å². The molecule has 1 heterocycles. The Hall–Kier alpha value is -2.50. The molecular weight excluding hydrogens is 353 g/mol. The molecule has 0 unspecified atom stereocenters. The zero-order valence-corrected chi connectivity index (χ0v) is 16.4. The SMILES string of the molecule is Cc1cccc(NC(=O)CCN2CCN(C/C=C/c3ccc(F)cc3)CC2)c1. The maximum Gasteiger partial charge on any atom is 0.225 e. The Morgan fingerprint density at radius 2 is 1.79 bits per heavy atom. The third-order valence-corrected chi connectivity index (χ3v) is 4.97. The summed E-state index contributed by atoms with van der Waals surface area (Å²) in [5, 5.41) is 2.97. The van der Waals surface area contributed by atoms with Crippen molar-refractivity contribution in [2.45, 2.75) is 13.3 Å². The second-order valence-corrected chi connectivity index (χ2v) is 7.26. The maximum atomic E-state index is 12.9. The Balaban J connectivity index is 1.33. The Morgan fingerprint density at radius 3 is 2.50 bits per heavy atom. The van der Waals surface area contributed by atoms with Crippen molar-refractivity contribution >= 4 is 17.7 Å². The van der Waals surface area contributed by atoms with Crippen molar-refractivity contribution in [3.8, 4) is 0 Å². The minimum Gasteiger partial charge on any atom is -0.326 e. The lowest BCUT2D eigenvalue weighted by molar-refractivity contribution is -0.116. The molecule has 1 saturated heterocycles. The predicted molar refractivity (Wildman–Crippen MR) is 113 cm³/mol. The number of carbonyl (C=O) groups excluding carboxylic acids is 1.